The van der Waals surface area contributed by atoms with Crippen molar-refractivity contribution in [2.45, 2.75) is 38.1 Å². The Labute approximate surface area is 201 Å². The van der Waals surface area contributed by atoms with Crippen molar-refractivity contribution in [3.8, 4) is 5.88 Å². The van der Waals surface area contributed by atoms with Gasteiger partial charge in [0.25, 0.3) is 0 Å². The number of aliphatic imine (C=N–C) groups is 1. The molecule has 0 bridgehead atoms. The van der Waals surface area contributed by atoms with E-state index in [1.54, 1.807) is 12.4 Å². The lowest BCUT2D eigenvalue weighted by atomic mass is 10.0. The van der Waals surface area contributed by atoms with Gasteiger partial charge in [-0.3, -0.25) is 0 Å². The molecule has 0 unspecified atom stereocenters. The maximum atomic E-state index is 10.3. The van der Waals surface area contributed by atoms with Gasteiger partial charge >= 0.3 is 0 Å². The molecule has 5 heterocycles. The number of nitrogens with one attached hydrogen (secondary N) is 1. The van der Waals surface area contributed by atoms with Crippen LogP contribution in [0.5, 0.6) is 5.88 Å². The van der Waals surface area contributed by atoms with Gasteiger partial charge in [0, 0.05) is 42.7 Å². The summed E-state index contributed by atoms with van der Waals surface area (Å²) in [5.41, 5.74) is 2.52. The number of rotatable bonds is 3. The molecule has 2 N–H and O–H groups in total. The number of likely N-dealkylation sites (tertiary alicyclic amines) is 1. The van der Waals surface area contributed by atoms with E-state index >= 15 is 0 Å². The number of H-pyrrole nitrogens is 1. The minimum atomic E-state index is 0. The van der Waals surface area contributed by atoms with Gasteiger partial charge < -0.3 is 19.9 Å². The number of hydrogen-bond donors (Lipinski definition) is 2. The Bertz CT molecular complexity index is 918. The molecule has 0 saturated carbocycles. The molecular formula is C21H29Cl3N6O. The molecule has 3 aliphatic heterocycles. The Hall–Kier alpha value is -1.80. The Morgan fingerprint density at radius 2 is 1.77 bits per heavy atom. The van der Waals surface area contributed by atoms with Crippen LogP contribution >= 0.6 is 37.2 Å². The first-order valence-electron chi connectivity index (χ1n) is 10.3. The average Bonchev–Trinajstić information content (AvgIpc) is 3.33. The monoisotopic (exact) mass is 486 g/mol. The van der Waals surface area contributed by atoms with E-state index < -0.39 is 0 Å². The number of hydrogen-bond acceptors (Lipinski definition) is 6. The number of aromatic nitrogens is 3. The first-order chi connectivity index (χ1) is 13.8. The van der Waals surface area contributed by atoms with E-state index in [0.717, 1.165) is 43.0 Å². The van der Waals surface area contributed by atoms with Crippen LogP contribution in [0.1, 0.15) is 43.4 Å². The SMILES string of the molecule is Cl.Cl.Cl.Oc1nc(N2CCC(N3CCCCC3)CC2)[nH]c1C=C1C=Nc2ncccc21. The topological polar surface area (TPSA) is 80.6 Å². The molecule has 2 saturated heterocycles. The molecule has 0 atom stereocenters. The van der Waals surface area contributed by atoms with Gasteiger partial charge in [-0.2, -0.15) is 4.98 Å². The van der Waals surface area contributed by atoms with Crippen LogP contribution in [0.25, 0.3) is 11.6 Å². The summed E-state index contributed by atoms with van der Waals surface area (Å²) in [6, 6.07) is 4.58. The summed E-state index contributed by atoms with van der Waals surface area (Å²) in [6.45, 7) is 4.44. The van der Waals surface area contributed by atoms with E-state index in [4.69, 9.17) is 0 Å². The van der Waals surface area contributed by atoms with E-state index in [-0.39, 0.29) is 43.1 Å². The van der Waals surface area contributed by atoms with Crippen LogP contribution in [-0.4, -0.2) is 63.4 Å². The Morgan fingerprint density at radius 3 is 2.52 bits per heavy atom. The highest BCUT2D eigenvalue weighted by molar-refractivity contribution is 6.20. The molecule has 7 nitrogen and oxygen atoms in total. The summed E-state index contributed by atoms with van der Waals surface area (Å²) in [7, 11) is 0. The second-order valence-corrected chi connectivity index (χ2v) is 7.84. The number of nitrogens with zero attached hydrogens (tertiary/aromatic N) is 5. The molecule has 170 valence electrons. The number of fused-ring (bicyclic) bond motifs is 1. The van der Waals surface area contributed by atoms with Crippen LogP contribution in [0.3, 0.4) is 0 Å². The van der Waals surface area contributed by atoms with Gasteiger partial charge in [0.05, 0.1) is 0 Å². The zero-order chi connectivity index (χ0) is 18.9. The van der Waals surface area contributed by atoms with E-state index in [1.807, 2.05) is 18.2 Å². The Kier molecular flexibility index (Phi) is 9.18. The first kappa shape index (κ1) is 25.5. The standard InChI is InChI=1S/C21H26N6O.3ClH/c28-20-18(13-15-14-23-19-17(15)5-4-8-22-19)24-21(25-20)27-11-6-16(7-12-27)26-9-2-1-3-10-26;;;/h4-5,8,13-14,16,28H,1-3,6-7,9-12H2,(H,24,25);3*1H. The molecule has 0 radical (unpaired) electrons. The maximum absolute atomic E-state index is 10.3. The number of halogens is 3. The van der Waals surface area contributed by atoms with E-state index in [1.165, 1.54) is 32.4 Å². The van der Waals surface area contributed by atoms with Crippen LogP contribution in [0, 0.1) is 0 Å². The van der Waals surface area contributed by atoms with Gasteiger partial charge in [-0.25, -0.2) is 9.98 Å². The molecule has 5 rings (SSSR count). The zero-order valence-electron chi connectivity index (χ0n) is 17.2. The van der Waals surface area contributed by atoms with Crippen molar-refractivity contribution in [1.29, 1.82) is 0 Å². The predicted molar refractivity (Wildman–Crippen MR) is 133 cm³/mol. The summed E-state index contributed by atoms with van der Waals surface area (Å²) in [4.78, 5) is 21.2. The third kappa shape index (κ3) is 5.34. The molecule has 2 fully saturated rings. The summed E-state index contributed by atoms with van der Waals surface area (Å²) in [5.74, 6) is 1.50. The fourth-order valence-corrected chi connectivity index (χ4v) is 4.54. The van der Waals surface area contributed by atoms with Crippen molar-refractivity contribution in [1.82, 2.24) is 19.9 Å². The van der Waals surface area contributed by atoms with Crippen LogP contribution < -0.4 is 4.90 Å². The quantitative estimate of drug-likeness (QED) is 0.667. The van der Waals surface area contributed by atoms with Crippen molar-refractivity contribution in [2.24, 2.45) is 4.99 Å². The Balaban J connectivity index is 0.00000114. The van der Waals surface area contributed by atoms with Crippen molar-refractivity contribution in [3.05, 3.63) is 29.6 Å². The number of piperidine rings is 2. The molecule has 0 spiro atoms. The molecule has 0 aliphatic carbocycles. The average molecular weight is 488 g/mol. The smallest absolute Gasteiger partial charge is 0.238 e. The maximum Gasteiger partial charge on any atom is 0.238 e. The van der Waals surface area contributed by atoms with E-state index in [9.17, 15) is 5.11 Å². The molecule has 31 heavy (non-hydrogen) atoms. The number of imidazole rings is 1. The normalized spacial score (nSPS) is 20.0. The highest BCUT2D eigenvalue weighted by Crippen LogP contribution is 2.32. The fourth-order valence-electron chi connectivity index (χ4n) is 4.54. The van der Waals surface area contributed by atoms with Crippen molar-refractivity contribution in [3.63, 3.8) is 0 Å². The molecule has 10 heteroatoms. The zero-order valence-corrected chi connectivity index (χ0v) is 19.7. The minimum absolute atomic E-state index is 0. The number of aromatic amines is 1. The van der Waals surface area contributed by atoms with Crippen molar-refractivity contribution < 1.29 is 5.11 Å². The van der Waals surface area contributed by atoms with Crippen LogP contribution in [0.2, 0.25) is 0 Å². The molecular weight excluding hydrogens is 459 g/mol. The molecule has 0 amide bonds. The van der Waals surface area contributed by atoms with Crippen LogP contribution in [0.15, 0.2) is 23.3 Å². The van der Waals surface area contributed by atoms with Crippen molar-refractivity contribution >= 4 is 66.9 Å². The number of pyridine rings is 1. The summed E-state index contributed by atoms with van der Waals surface area (Å²) in [5, 5.41) is 10.3. The number of allylic oxidation sites excluding steroid dienone is 1. The van der Waals surface area contributed by atoms with E-state index in [2.05, 4.69) is 29.7 Å². The number of anilines is 1. The number of aromatic hydroxyl groups is 1. The second kappa shape index (κ2) is 11.2. The van der Waals surface area contributed by atoms with Crippen LogP contribution in [0.4, 0.5) is 11.8 Å². The summed E-state index contributed by atoms with van der Waals surface area (Å²) < 4.78 is 0. The highest BCUT2D eigenvalue weighted by Gasteiger charge is 2.27. The lowest BCUT2D eigenvalue weighted by Crippen LogP contribution is -2.47. The molecule has 0 aromatic carbocycles. The van der Waals surface area contributed by atoms with Crippen molar-refractivity contribution in [2.75, 3.05) is 31.1 Å². The first-order valence-corrected chi connectivity index (χ1v) is 10.3. The lowest BCUT2D eigenvalue weighted by Gasteiger charge is -2.40. The minimum Gasteiger partial charge on any atom is -0.492 e. The third-order valence-corrected chi connectivity index (χ3v) is 6.09. The summed E-state index contributed by atoms with van der Waals surface area (Å²) >= 11 is 0. The summed E-state index contributed by atoms with van der Waals surface area (Å²) in [6.07, 6.45) is 11.8. The molecule has 2 aromatic heterocycles. The largest absolute Gasteiger partial charge is 0.492 e. The van der Waals surface area contributed by atoms with Gasteiger partial charge in [-0.15, -0.1) is 37.2 Å². The Morgan fingerprint density at radius 1 is 1.03 bits per heavy atom. The van der Waals surface area contributed by atoms with Crippen LogP contribution in [-0.2, 0) is 0 Å². The lowest BCUT2D eigenvalue weighted by molar-refractivity contribution is 0.141. The third-order valence-electron chi connectivity index (χ3n) is 6.09. The highest BCUT2D eigenvalue weighted by atomic mass is 35.5. The molecule has 2 aromatic rings. The second-order valence-electron chi connectivity index (χ2n) is 7.84. The van der Waals surface area contributed by atoms with Gasteiger partial charge in [-0.05, 0) is 57.0 Å². The predicted octanol–water partition coefficient (Wildman–Crippen LogP) is 4.49. The molecule has 3 aliphatic rings. The van der Waals surface area contributed by atoms with E-state index in [0.29, 0.717) is 17.6 Å². The van der Waals surface area contributed by atoms with Gasteiger partial charge in [0.2, 0.25) is 11.8 Å². The van der Waals surface area contributed by atoms with Gasteiger partial charge in [0.15, 0.2) is 5.82 Å². The van der Waals surface area contributed by atoms with Gasteiger partial charge in [0.1, 0.15) is 5.69 Å². The fraction of sp³-hybridized carbons (Fsp3) is 0.476. The van der Waals surface area contributed by atoms with Gasteiger partial charge in [-0.1, -0.05) is 6.42 Å².